The van der Waals surface area contributed by atoms with Crippen LogP contribution < -0.4 is 0 Å². The lowest BCUT2D eigenvalue weighted by Gasteiger charge is -2.22. The predicted octanol–water partition coefficient (Wildman–Crippen LogP) is 3.72. The summed E-state index contributed by atoms with van der Waals surface area (Å²) < 4.78 is 5.90. The third-order valence-electron chi connectivity index (χ3n) is 4.68. The van der Waals surface area contributed by atoms with Crippen LogP contribution in [0.2, 0.25) is 0 Å². The van der Waals surface area contributed by atoms with Crippen molar-refractivity contribution in [2.24, 2.45) is 0 Å². The van der Waals surface area contributed by atoms with E-state index in [0.717, 1.165) is 41.1 Å². The molecule has 0 radical (unpaired) electrons. The summed E-state index contributed by atoms with van der Waals surface area (Å²) in [5.41, 5.74) is 4.84. The lowest BCUT2D eigenvalue weighted by atomic mass is 10.1. The smallest absolute Gasteiger partial charge is 0.259 e. The largest absolute Gasteiger partial charge is 0.418 e. The molecular weight excluding hydrogens is 348 g/mol. The number of hydrogen-bond donors (Lipinski definition) is 0. The van der Waals surface area contributed by atoms with Gasteiger partial charge in [0, 0.05) is 6.54 Å². The fraction of sp³-hybridized carbons (Fsp3) is 0.368. The number of aromatic nitrogens is 3. The maximum atomic E-state index is 12.8. The molecule has 3 heterocycles. The summed E-state index contributed by atoms with van der Waals surface area (Å²) in [5.74, 6) is 1.10. The molecule has 3 aromatic rings. The molecule has 4 rings (SSSR count). The number of thiazole rings is 1. The van der Waals surface area contributed by atoms with Crippen molar-refractivity contribution in [2.75, 3.05) is 6.54 Å². The molecule has 0 unspecified atom stereocenters. The Hall–Kier alpha value is -2.54. The minimum absolute atomic E-state index is 0.104. The van der Waals surface area contributed by atoms with Crippen LogP contribution >= 0.6 is 11.3 Å². The first-order valence-corrected chi connectivity index (χ1v) is 9.58. The van der Waals surface area contributed by atoms with Gasteiger partial charge >= 0.3 is 0 Å². The van der Waals surface area contributed by atoms with E-state index in [1.165, 1.54) is 11.3 Å². The van der Waals surface area contributed by atoms with Crippen molar-refractivity contribution in [3.63, 3.8) is 0 Å². The number of likely N-dealkylation sites (tertiary alicyclic amines) is 1. The van der Waals surface area contributed by atoms with Crippen molar-refractivity contribution >= 4 is 17.2 Å². The van der Waals surface area contributed by atoms with Gasteiger partial charge in [0.05, 0.1) is 17.6 Å². The summed E-state index contributed by atoms with van der Waals surface area (Å²) in [6, 6.07) is 7.93. The van der Waals surface area contributed by atoms with Gasteiger partial charge in [0.2, 0.25) is 11.8 Å². The van der Waals surface area contributed by atoms with Crippen LogP contribution in [0, 0.1) is 13.8 Å². The Kier molecular flexibility index (Phi) is 4.55. The Balaban J connectivity index is 1.52. The van der Waals surface area contributed by atoms with Gasteiger partial charge in [-0.2, -0.15) is 0 Å². The number of aryl methyl sites for hydroxylation is 2. The maximum absolute atomic E-state index is 12.8. The summed E-state index contributed by atoms with van der Waals surface area (Å²) in [4.78, 5) is 19.8. The van der Waals surface area contributed by atoms with E-state index in [9.17, 15) is 4.79 Å². The van der Waals surface area contributed by atoms with Crippen molar-refractivity contribution in [1.82, 2.24) is 20.1 Å². The van der Waals surface area contributed by atoms with Crippen LogP contribution in [0.25, 0.3) is 10.8 Å². The highest BCUT2D eigenvalue weighted by molar-refractivity contribution is 7.13. The number of carbonyl (C=O) groups is 1. The molecule has 1 aliphatic heterocycles. The van der Waals surface area contributed by atoms with Gasteiger partial charge in [0.25, 0.3) is 5.89 Å². The molecule has 7 heteroatoms. The summed E-state index contributed by atoms with van der Waals surface area (Å²) in [5, 5.41) is 8.39. The van der Waals surface area contributed by atoms with Crippen LogP contribution in [-0.4, -0.2) is 32.5 Å². The van der Waals surface area contributed by atoms with E-state index in [2.05, 4.69) is 21.2 Å². The van der Waals surface area contributed by atoms with Crippen LogP contribution in [0.5, 0.6) is 0 Å². The van der Waals surface area contributed by atoms with Gasteiger partial charge in [-0.15, -0.1) is 21.5 Å². The molecule has 1 amide bonds. The van der Waals surface area contributed by atoms with Crippen LogP contribution in [0.1, 0.15) is 41.6 Å². The van der Waals surface area contributed by atoms with Gasteiger partial charge < -0.3 is 9.32 Å². The molecule has 0 bridgehead atoms. The first-order chi connectivity index (χ1) is 12.6. The minimum Gasteiger partial charge on any atom is -0.418 e. The average molecular weight is 368 g/mol. The van der Waals surface area contributed by atoms with Crippen molar-refractivity contribution in [3.8, 4) is 10.8 Å². The van der Waals surface area contributed by atoms with Gasteiger partial charge in [0.15, 0.2) is 0 Å². The standard InChI is InChI=1S/C19H20N4O2S/c1-12-5-3-6-14(9-12)10-16(24)23-8-4-7-15(23)18-21-22-19(25-18)17-13(2)20-11-26-17/h3,5-6,9,11,15H,4,7-8,10H2,1-2H3/t15-/m0/s1. The monoisotopic (exact) mass is 368 g/mol. The molecule has 0 saturated carbocycles. The van der Waals surface area contributed by atoms with E-state index in [1.54, 1.807) is 5.51 Å². The molecular formula is C19H20N4O2S. The van der Waals surface area contributed by atoms with Gasteiger partial charge in [-0.1, -0.05) is 29.8 Å². The highest BCUT2D eigenvalue weighted by atomic mass is 32.1. The van der Waals surface area contributed by atoms with E-state index in [1.807, 2.05) is 36.9 Å². The minimum atomic E-state index is -0.137. The summed E-state index contributed by atoms with van der Waals surface area (Å²) in [6.07, 6.45) is 2.19. The molecule has 1 atom stereocenters. The fourth-order valence-corrected chi connectivity index (χ4v) is 4.11. The second kappa shape index (κ2) is 6.99. The number of carbonyl (C=O) groups excluding carboxylic acids is 1. The third-order valence-corrected chi connectivity index (χ3v) is 5.59. The van der Waals surface area contributed by atoms with E-state index in [-0.39, 0.29) is 11.9 Å². The molecule has 1 fully saturated rings. The first kappa shape index (κ1) is 16.9. The zero-order chi connectivity index (χ0) is 18.1. The first-order valence-electron chi connectivity index (χ1n) is 8.70. The maximum Gasteiger partial charge on any atom is 0.259 e. The van der Waals surface area contributed by atoms with Gasteiger partial charge in [-0.25, -0.2) is 4.98 Å². The summed E-state index contributed by atoms with van der Waals surface area (Å²) in [7, 11) is 0. The molecule has 6 nitrogen and oxygen atoms in total. The molecule has 26 heavy (non-hydrogen) atoms. The normalized spacial score (nSPS) is 17.0. The van der Waals surface area contributed by atoms with Crippen LogP contribution in [-0.2, 0) is 11.2 Å². The summed E-state index contributed by atoms with van der Waals surface area (Å²) >= 11 is 1.48. The van der Waals surface area contributed by atoms with Crippen molar-refractivity contribution in [2.45, 2.75) is 39.2 Å². The third kappa shape index (κ3) is 3.26. The topological polar surface area (TPSA) is 72.1 Å². The molecule has 2 aromatic heterocycles. The lowest BCUT2D eigenvalue weighted by Crippen LogP contribution is -2.32. The molecule has 1 aliphatic rings. The second-order valence-corrected chi connectivity index (χ2v) is 7.48. The molecule has 0 spiro atoms. The van der Waals surface area contributed by atoms with Crippen LogP contribution in [0.15, 0.2) is 34.2 Å². The van der Waals surface area contributed by atoms with Crippen LogP contribution in [0.4, 0.5) is 0 Å². The number of amides is 1. The zero-order valence-electron chi connectivity index (χ0n) is 14.8. The van der Waals surface area contributed by atoms with Crippen molar-refractivity contribution < 1.29 is 9.21 Å². The summed E-state index contributed by atoms with van der Waals surface area (Å²) in [6.45, 7) is 4.68. The number of benzene rings is 1. The Labute approximate surface area is 155 Å². The lowest BCUT2D eigenvalue weighted by molar-refractivity contribution is -0.131. The molecule has 134 valence electrons. The SMILES string of the molecule is Cc1cccc(CC(=O)N2CCC[C@H]2c2nnc(-c3scnc3C)o2)c1. The van der Waals surface area contributed by atoms with Crippen molar-refractivity contribution in [3.05, 3.63) is 52.5 Å². The Morgan fingerprint density at radius 1 is 1.35 bits per heavy atom. The molecule has 0 N–H and O–H groups in total. The number of rotatable bonds is 4. The van der Waals surface area contributed by atoms with E-state index < -0.39 is 0 Å². The van der Waals surface area contributed by atoms with Crippen LogP contribution in [0.3, 0.4) is 0 Å². The van der Waals surface area contributed by atoms with Crippen molar-refractivity contribution in [1.29, 1.82) is 0 Å². The number of hydrogen-bond acceptors (Lipinski definition) is 6. The van der Waals surface area contributed by atoms with E-state index >= 15 is 0 Å². The Morgan fingerprint density at radius 3 is 3.00 bits per heavy atom. The molecule has 0 aliphatic carbocycles. The van der Waals surface area contributed by atoms with Gasteiger partial charge in [0.1, 0.15) is 10.9 Å². The Bertz CT molecular complexity index is 933. The van der Waals surface area contributed by atoms with E-state index in [0.29, 0.717) is 18.2 Å². The highest BCUT2D eigenvalue weighted by Crippen LogP contribution is 2.34. The quantitative estimate of drug-likeness (QED) is 0.702. The fourth-order valence-electron chi connectivity index (χ4n) is 3.39. The zero-order valence-corrected chi connectivity index (χ0v) is 15.6. The van der Waals surface area contributed by atoms with Gasteiger partial charge in [-0.3, -0.25) is 4.79 Å². The predicted molar refractivity (Wildman–Crippen MR) is 98.7 cm³/mol. The Morgan fingerprint density at radius 2 is 2.23 bits per heavy atom. The molecule has 1 saturated heterocycles. The van der Waals surface area contributed by atoms with Gasteiger partial charge in [-0.05, 0) is 32.3 Å². The molecule has 1 aromatic carbocycles. The highest BCUT2D eigenvalue weighted by Gasteiger charge is 2.34. The second-order valence-electron chi connectivity index (χ2n) is 6.62. The number of nitrogens with zero attached hydrogens (tertiary/aromatic N) is 4. The average Bonchev–Trinajstić information content (AvgIpc) is 3.34. The van der Waals surface area contributed by atoms with E-state index in [4.69, 9.17) is 4.42 Å².